The molecule has 3 aliphatic rings. The van der Waals surface area contributed by atoms with Crippen molar-refractivity contribution in [2.75, 3.05) is 19.3 Å². The number of ether oxygens (including phenoxy) is 1. The zero-order chi connectivity index (χ0) is 25.5. The molecule has 2 aliphatic carbocycles. The molecule has 3 heterocycles. The Morgan fingerprint density at radius 2 is 2.00 bits per heavy atom. The fourth-order valence-electron chi connectivity index (χ4n) is 5.39. The summed E-state index contributed by atoms with van der Waals surface area (Å²) >= 11 is 0. The fraction of sp³-hybridized carbons (Fsp3) is 0.423. The molecular formula is C26H26F3N3O3S. The number of fused-ring (bicyclic) bond motifs is 2. The van der Waals surface area contributed by atoms with E-state index in [1.54, 1.807) is 0 Å². The Morgan fingerprint density at radius 1 is 1.22 bits per heavy atom. The van der Waals surface area contributed by atoms with Crippen LogP contribution in [0.3, 0.4) is 0 Å². The predicted octanol–water partition coefficient (Wildman–Crippen LogP) is 4.85. The van der Waals surface area contributed by atoms with Gasteiger partial charge in [0.05, 0.1) is 10.6 Å². The van der Waals surface area contributed by atoms with Crippen LogP contribution < -0.4 is 4.74 Å². The molecule has 0 bridgehead atoms. The SMILES string of the molecule is CC(Oc1ccc(S(C)(=O)=O)cc1C(=C1CC1)N1CC2CC2(c2cn3ccccc3n2)C1)C(F)(F)F. The number of hydrogen-bond acceptors (Lipinski definition) is 5. The molecule has 3 unspecified atom stereocenters. The van der Waals surface area contributed by atoms with Gasteiger partial charge in [0.25, 0.3) is 0 Å². The van der Waals surface area contributed by atoms with Crippen molar-refractivity contribution in [3.05, 3.63) is 65.6 Å². The van der Waals surface area contributed by atoms with Crippen molar-refractivity contribution < 1.29 is 26.3 Å². The average Bonchev–Trinajstić information content (AvgIpc) is 3.68. The van der Waals surface area contributed by atoms with E-state index < -0.39 is 22.1 Å². The third-order valence-electron chi connectivity index (χ3n) is 7.57. The number of sulfone groups is 1. The number of piperidine rings is 1. The molecule has 3 aromatic rings. The highest BCUT2D eigenvalue weighted by atomic mass is 32.2. The van der Waals surface area contributed by atoms with Crippen molar-refractivity contribution in [3.8, 4) is 5.75 Å². The number of allylic oxidation sites excluding steroid dienone is 1. The molecular weight excluding hydrogens is 491 g/mol. The Labute approximate surface area is 207 Å². The molecule has 3 atom stereocenters. The van der Waals surface area contributed by atoms with Crippen LogP contribution in [0.15, 0.2) is 59.3 Å². The van der Waals surface area contributed by atoms with Crippen LogP contribution in [0.25, 0.3) is 11.3 Å². The van der Waals surface area contributed by atoms with E-state index in [9.17, 15) is 21.6 Å². The topological polar surface area (TPSA) is 63.9 Å². The van der Waals surface area contributed by atoms with E-state index in [2.05, 4.69) is 11.1 Å². The summed E-state index contributed by atoms with van der Waals surface area (Å²) in [5.74, 6) is 0.428. The van der Waals surface area contributed by atoms with E-state index in [4.69, 9.17) is 9.72 Å². The fourth-order valence-corrected chi connectivity index (χ4v) is 6.04. The maximum absolute atomic E-state index is 13.3. The second-order valence-electron chi connectivity index (χ2n) is 10.2. The molecule has 2 aromatic heterocycles. The van der Waals surface area contributed by atoms with Gasteiger partial charge >= 0.3 is 6.18 Å². The van der Waals surface area contributed by atoms with Crippen LogP contribution in [0.1, 0.15) is 37.4 Å². The molecule has 6 rings (SSSR count). The number of imidazole rings is 1. The van der Waals surface area contributed by atoms with Crippen LogP contribution in [-0.4, -0.2) is 54.3 Å². The van der Waals surface area contributed by atoms with Gasteiger partial charge in [-0.25, -0.2) is 13.4 Å². The molecule has 0 spiro atoms. The summed E-state index contributed by atoms with van der Waals surface area (Å²) in [7, 11) is -3.56. The number of nitrogens with zero attached hydrogens (tertiary/aromatic N) is 3. The number of hydrogen-bond donors (Lipinski definition) is 0. The number of benzene rings is 1. The maximum Gasteiger partial charge on any atom is 0.425 e. The quantitative estimate of drug-likeness (QED) is 0.468. The minimum atomic E-state index is -4.54. The molecule has 1 saturated heterocycles. The van der Waals surface area contributed by atoms with Crippen molar-refractivity contribution in [2.45, 2.75) is 48.8 Å². The molecule has 1 aliphatic heterocycles. The molecule has 6 nitrogen and oxygen atoms in total. The summed E-state index contributed by atoms with van der Waals surface area (Å²) in [4.78, 5) is 7.12. The van der Waals surface area contributed by atoms with E-state index in [0.29, 0.717) is 18.0 Å². The summed E-state index contributed by atoms with van der Waals surface area (Å²) in [5.41, 5.74) is 4.11. The molecule has 190 valence electrons. The molecule has 10 heteroatoms. The molecule has 0 radical (unpaired) electrons. The lowest BCUT2D eigenvalue weighted by Gasteiger charge is -2.28. The number of alkyl halides is 3. The highest BCUT2D eigenvalue weighted by Crippen LogP contribution is 2.61. The first-order valence-corrected chi connectivity index (χ1v) is 13.8. The number of pyridine rings is 1. The maximum atomic E-state index is 13.3. The first-order valence-electron chi connectivity index (χ1n) is 11.9. The highest BCUT2D eigenvalue weighted by Gasteiger charge is 2.63. The van der Waals surface area contributed by atoms with Crippen molar-refractivity contribution in [3.63, 3.8) is 0 Å². The van der Waals surface area contributed by atoms with Crippen LogP contribution in [0.5, 0.6) is 5.75 Å². The van der Waals surface area contributed by atoms with Gasteiger partial charge in [-0.1, -0.05) is 6.07 Å². The largest absolute Gasteiger partial charge is 0.481 e. The molecule has 0 N–H and O–H groups in total. The minimum absolute atomic E-state index is 0.0454. The van der Waals surface area contributed by atoms with Crippen LogP contribution in [0.2, 0.25) is 0 Å². The molecule has 3 fully saturated rings. The molecule has 2 saturated carbocycles. The molecule has 0 amide bonds. The Bertz CT molecular complexity index is 1470. The summed E-state index contributed by atoms with van der Waals surface area (Å²) in [6.45, 7) is 2.38. The second-order valence-corrected chi connectivity index (χ2v) is 12.2. The predicted molar refractivity (Wildman–Crippen MR) is 128 cm³/mol. The smallest absolute Gasteiger partial charge is 0.425 e. The normalized spacial score (nSPS) is 24.1. The van der Waals surface area contributed by atoms with Crippen molar-refractivity contribution in [1.82, 2.24) is 14.3 Å². The summed E-state index contributed by atoms with van der Waals surface area (Å²) in [5, 5.41) is 0. The highest BCUT2D eigenvalue weighted by molar-refractivity contribution is 7.90. The van der Waals surface area contributed by atoms with Gasteiger partial charge in [-0.2, -0.15) is 13.2 Å². The first-order chi connectivity index (χ1) is 17.0. The van der Waals surface area contributed by atoms with E-state index >= 15 is 0 Å². The van der Waals surface area contributed by atoms with E-state index in [1.807, 2.05) is 28.8 Å². The summed E-state index contributed by atoms with van der Waals surface area (Å²) in [6, 6.07) is 10.00. The van der Waals surface area contributed by atoms with Gasteiger partial charge in [0.2, 0.25) is 0 Å². The van der Waals surface area contributed by atoms with Gasteiger partial charge < -0.3 is 14.0 Å². The van der Waals surface area contributed by atoms with Gasteiger partial charge in [0.1, 0.15) is 11.4 Å². The number of rotatable bonds is 6. The van der Waals surface area contributed by atoms with E-state index in [1.165, 1.54) is 18.2 Å². The van der Waals surface area contributed by atoms with Crippen LogP contribution in [-0.2, 0) is 15.3 Å². The van der Waals surface area contributed by atoms with Crippen molar-refractivity contribution >= 4 is 21.2 Å². The first kappa shape index (κ1) is 23.4. The van der Waals surface area contributed by atoms with E-state index in [-0.39, 0.29) is 16.1 Å². The third-order valence-corrected chi connectivity index (χ3v) is 8.68. The van der Waals surface area contributed by atoms with Crippen LogP contribution in [0, 0.1) is 5.92 Å². The van der Waals surface area contributed by atoms with Gasteiger partial charge in [-0.05, 0) is 68.0 Å². The Kier molecular flexibility index (Phi) is 5.03. The molecule has 1 aromatic carbocycles. The lowest BCUT2D eigenvalue weighted by molar-refractivity contribution is -0.189. The van der Waals surface area contributed by atoms with Crippen molar-refractivity contribution in [1.29, 1.82) is 0 Å². The number of aromatic nitrogens is 2. The summed E-state index contributed by atoms with van der Waals surface area (Å²) in [6.07, 6.45) is 1.22. The lowest BCUT2D eigenvalue weighted by atomic mass is 10.0. The Hall–Kier alpha value is -3.01. The van der Waals surface area contributed by atoms with Gasteiger partial charge in [-0.15, -0.1) is 0 Å². The Balaban J connectivity index is 1.38. The average molecular weight is 518 g/mol. The number of likely N-dealkylation sites (tertiary alicyclic amines) is 1. The zero-order valence-corrected chi connectivity index (χ0v) is 20.7. The van der Waals surface area contributed by atoms with Crippen LogP contribution in [0.4, 0.5) is 13.2 Å². The van der Waals surface area contributed by atoms with Gasteiger partial charge in [0.15, 0.2) is 15.9 Å². The molecule has 36 heavy (non-hydrogen) atoms. The monoisotopic (exact) mass is 517 g/mol. The lowest BCUT2D eigenvalue weighted by Crippen LogP contribution is -2.32. The van der Waals surface area contributed by atoms with Gasteiger partial charge in [0, 0.05) is 48.4 Å². The zero-order valence-electron chi connectivity index (χ0n) is 19.9. The number of halogens is 3. The van der Waals surface area contributed by atoms with Gasteiger partial charge in [-0.3, -0.25) is 0 Å². The third kappa shape index (κ3) is 3.95. The minimum Gasteiger partial charge on any atom is -0.481 e. The standard InChI is InChI=1S/C26H26F3N3O3S/c1-16(26(27,28)29)35-21-9-8-19(36(2,33)34)11-20(21)24(17-6-7-17)32-13-18-12-25(18,15-32)22-14-31-10-4-3-5-23(31)30-22/h3-5,8-11,14,16,18H,6-7,12-13,15H2,1-2H3. The summed E-state index contributed by atoms with van der Waals surface area (Å²) < 4.78 is 72.1. The van der Waals surface area contributed by atoms with Crippen molar-refractivity contribution in [2.24, 2.45) is 5.92 Å². The Morgan fingerprint density at radius 3 is 2.67 bits per heavy atom. The second kappa shape index (κ2) is 7.74. The van der Waals surface area contributed by atoms with E-state index in [0.717, 1.165) is 61.6 Å². The van der Waals surface area contributed by atoms with Crippen LogP contribution >= 0.6 is 0 Å².